The van der Waals surface area contributed by atoms with E-state index in [1.807, 2.05) is 19.2 Å². The van der Waals surface area contributed by atoms with Crippen LogP contribution in [0.4, 0.5) is 0 Å². The van der Waals surface area contributed by atoms with Crippen LogP contribution in [0.1, 0.15) is 19.4 Å². The Morgan fingerprint density at radius 2 is 2.21 bits per heavy atom. The first kappa shape index (κ1) is 11.5. The van der Waals surface area contributed by atoms with Crippen LogP contribution in [0.3, 0.4) is 0 Å². The van der Waals surface area contributed by atoms with E-state index in [1.165, 1.54) is 11.1 Å². The number of benzene rings is 1. The van der Waals surface area contributed by atoms with Gasteiger partial charge in [0.15, 0.2) is 0 Å². The van der Waals surface area contributed by atoms with Crippen molar-refractivity contribution in [2.24, 2.45) is 0 Å². The molecule has 0 heterocycles. The molecule has 1 aromatic rings. The quantitative estimate of drug-likeness (QED) is 0.871. The minimum absolute atomic E-state index is 0.425. The molecule has 0 amide bonds. The van der Waals surface area contributed by atoms with Crippen LogP contribution >= 0.6 is 15.9 Å². The minimum Gasteiger partial charge on any atom is -0.314 e. The maximum atomic E-state index is 3.46. The van der Waals surface area contributed by atoms with E-state index in [1.54, 1.807) is 0 Å². The van der Waals surface area contributed by atoms with Crippen LogP contribution < -0.4 is 5.32 Å². The third-order valence-corrected chi connectivity index (χ3v) is 2.85. The zero-order valence-corrected chi connectivity index (χ0v) is 10.4. The summed E-state index contributed by atoms with van der Waals surface area (Å²) in [7, 11) is 1.98. The lowest BCUT2D eigenvalue weighted by Gasteiger charge is -2.10. The van der Waals surface area contributed by atoms with Crippen LogP contribution in [-0.4, -0.2) is 13.1 Å². The molecule has 0 aromatic heterocycles. The Morgan fingerprint density at radius 3 is 2.79 bits per heavy atom. The molecule has 1 atom stereocenters. The van der Waals surface area contributed by atoms with Gasteiger partial charge in [0.05, 0.1) is 0 Å². The highest BCUT2D eigenvalue weighted by Crippen LogP contribution is 2.15. The number of hydrogen-bond donors (Lipinski definition) is 1. The van der Waals surface area contributed by atoms with Gasteiger partial charge in [-0.3, -0.25) is 0 Å². The van der Waals surface area contributed by atoms with Crippen molar-refractivity contribution in [1.29, 1.82) is 0 Å². The molecular weight excluding hydrogens is 238 g/mol. The Balaban J connectivity index is 2.86. The molecule has 0 aliphatic carbocycles. The SMILES string of the molecule is CNC(C)/C(C)=C/c1cccc(Br)c1. The summed E-state index contributed by atoms with van der Waals surface area (Å²) in [5.74, 6) is 0. The van der Waals surface area contributed by atoms with Gasteiger partial charge >= 0.3 is 0 Å². The summed E-state index contributed by atoms with van der Waals surface area (Å²) in [6.45, 7) is 4.30. The maximum absolute atomic E-state index is 3.46. The molecule has 2 heteroatoms. The Hall–Kier alpha value is -0.600. The molecule has 1 aromatic carbocycles. The third-order valence-electron chi connectivity index (χ3n) is 2.36. The summed E-state index contributed by atoms with van der Waals surface area (Å²) in [4.78, 5) is 0. The van der Waals surface area contributed by atoms with Gasteiger partial charge in [0.25, 0.3) is 0 Å². The van der Waals surface area contributed by atoms with Crippen molar-refractivity contribution in [3.05, 3.63) is 39.9 Å². The average Bonchev–Trinajstić information content (AvgIpc) is 2.16. The first-order chi connectivity index (χ1) is 6.63. The smallest absolute Gasteiger partial charge is 0.0248 e. The fraction of sp³-hybridized carbons (Fsp3) is 0.333. The topological polar surface area (TPSA) is 12.0 Å². The summed E-state index contributed by atoms with van der Waals surface area (Å²) in [6.07, 6.45) is 2.20. The van der Waals surface area contributed by atoms with Crippen LogP contribution in [0.15, 0.2) is 34.3 Å². The largest absolute Gasteiger partial charge is 0.314 e. The second-order valence-corrected chi connectivity index (χ2v) is 4.37. The molecule has 1 unspecified atom stereocenters. The van der Waals surface area contributed by atoms with Crippen molar-refractivity contribution in [3.8, 4) is 0 Å². The lowest BCUT2D eigenvalue weighted by Crippen LogP contribution is -2.21. The molecule has 0 saturated heterocycles. The van der Waals surface area contributed by atoms with Crippen LogP contribution in [0, 0.1) is 0 Å². The molecule has 1 nitrogen and oxygen atoms in total. The Bertz CT molecular complexity index is 331. The molecule has 0 radical (unpaired) electrons. The van der Waals surface area contributed by atoms with Gasteiger partial charge in [0.2, 0.25) is 0 Å². The van der Waals surface area contributed by atoms with Gasteiger partial charge < -0.3 is 5.32 Å². The molecule has 1 rings (SSSR count). The van der Waals surface area contributed by atoms with Crippen molar-refractivity contribution in [1.82, 2.24) is 5.32 Å². The van der Waals surface area contributed by atoms with Gasteiger partial charge in [-0.1, -0.05) is 39.7 Å². The van der Waals surface area contributed by atoms with Crippen molar-refractivity contribution < 1.29 is 0 Å². The zero-order chi connectivity index (χ0) is 10.6. The second kappa shape index (κ2) is 5.32. The van der Waals surface area contributed by atoms with Gasteiger partial charge in [0, 0.05) is 10.5 Å². The van der Waals surface area contributed by atoms with Crippen LogP contribution in [-0.2, 0) is 0 Å². The normalized spacial score (nSPS) is 14.1. The predicted molar refractivity (Wildman–Crippen MR) is 66.3 cm³/mol. The highest BCUT2D eigenvalue weighted by molar-refractivity contribution is 9.10. The molecule has 14 heavy (non-hydrogen) atoms. The number of nitrogens with one attached hydrogen (secondary N) is 1. The summed E-state index contributed by atoms with van der Waals surface area (Å²) < 4.78 is 1.12. The summed E-state index contributed by atoms with van der Waals surface area (Å²) in [6, 6.07) is 8.73. The van der Waals surface area contributed by atoms with Crippen molar-refractivity contribution in [3.63, 3.8) is 0 Å². The average molecular weight is 254 g/mol. The zero-order valence-electron chi connectivity index (χ0n) is 8.84. The Labute approximate surface area is 94.3 Å². The van der Waals surface area contributed by atoms with E-state index in [0.29, 0.717) is 6.04 Å². The number of halogens is 1. The number of rotatable bonds is 3. The highest BCUT2D eigenvalue weighted by Gasteiger charge is 1.99. The van der Waals surface area contributed by atoms with Crippen LogP contribution in [0.25, 0.3) is 6.08 Å². The van der Waals surface area contributed by atoms with Gasteiger partial charge in [0.1, 0.15) is 0 Å². The molecule has 0 bridgehead atoms. The van der Waals surface area contributed by atoms with Crippen molar-refractivity contribution >= 4 is 22.0 Å². The summed E-state index contributed by atoms with van der Waals surface area (Å²) >= 11 is 3.46. The molecule has 0 fully saturated rings. The second-order valence-electron chi connectivity index (χ2n) is 3.45. The number of likely N-dealkylation sites (N-methyl/N-ethyl adjacent to an activating group) is 1. The molecule has 0 aliphatic rings. The van der Waals surface area contributed by atoms with Crippen LogP contribution in [0.2, 0.25) is 0 Å². The van der Waals surface area contributed by atoms with Crippen LogP contribution in [0.5, 0.6) is 0 Å². The molecule has 0 aliphatic heterocycles. The van der Waals surface area contributed by atoms with Gasteiger partial charge in [-0.15, -0.1) is 0 Å². The van der Waals surface area contributed by atoms with Crippen molar-refractivity contribution in [2.45, 2.75) is 19.9 Å². The molecule has 1 N–H and O–H groups in total. The van der Waals surface area contributed by atoms with E-state index in [4.69, 9.17) is 0 Å². The number of hydrogen-bond acceptors (Lipinski definition) is 1. The van der Waals surface area contributed by atoms with E-state index in [2.05, 4.69) is 53.3 Å². The molecule has 0 spiro atoms. The third kappa shape index (κ3) is 3.28. The van der Waals surface area contributed by atoms with Gasteiger partial charge in [-0.05, 0) is 38.6 Å². The summed E-state index contributed by atoms with van der Waals surface area (Å²) in [5.41, 5.74) is 2.57. The van der Waals surface area contributed by atoms with E-state index >= 15 is 0 Å². The van der Waals surface area contributed by atoms with E-state index in [-0.39, 0.29) is 0 Å². The lowest BCUT2D eigenvalue weighted by atomic mass is 10.1. The van der Waals surface area contributed by atoms with Crippen molar-refractivity contribution in [2.75, 3.05) is 7.05 Å². The molecule has 76 valence electrons. The fourth-order valence-corrected chi connectivity index (χ4v) is 1.63. The maximum Gasteiger partial charge on any atom is 0.0248 e. The van der Waals surface area contributed by atoms with E-state index in [0.717, 1.165) is 4.47 Å². The molecule has 0 saturated carbocycles. The van der Waals surface area contributed by atoms with Gasteiger partial charge in [-0.2, -0.15) is 0 Å². The van der Waals surface area contributed by atoms with E-state index < -0.39 is 0 Å². The predicted octanol–water partition coefficient (Wildman–Crippen LogP) is 3.46. The Kier molecular flexibility index (Phi) is 4.36. The minimum atomic E-state index is 0.425. The summed E-state index contributed by atoms with van der Waals surface area (Å²) in [5, 5.41) is 3.22. The lowest BCUT2D eigenvalue weighted by molar-refractivity contribution is 0.696. The highest BCUT2D eigenvalue weighted by atomic mass is 79.9. The monoisotopic (exact) mass is 253 g/mol. The first-order valence-corrected chi connectivity index (χ1v) is 5.54. The fourth-order valence-electron chi connectivity index (χ4n) is 1.21. The Morgan fingerprint density at radius 1 is 1.50 bits per heavy atom. The molecular formula is C12H16BrN. The first-order valence-electron chi connectivity index (χ1n) is 4.74. The standard InChI is InChI=1S/C12H16BrN/c1-9(10(2)14-3)7-11-5-4-6-12(13)8-11/h4-8,10,14H,1-3H3/b9-7+. The van der Waals surface area contributed by atoms with E-state index in [9.17, 15) is 0 Å². The van der Waals surface area contributed by atoms with Gasteiger partial charge in [-0.25, -0.2) is 0 Å².